The standard InChI is InChI=1S/C19H19NO6S/c1-4-12-5-17(27-11(12)3)19(23)24-8-18(22)20-14-7-16-15(25-9-26-16)6-13(14)10(2)21/h5-7H,4,8-9H2,1-3H3,(H,20,22). The van der Waals surface area contributed by atoms with Crippen LogP contribution in [-0.2, 0) is 16.0 Å². The van der Waals surface area contributed by atoms with Gasteiger partial charge in [-0.25, -0.2) is 4.79 Å². The summed E-state index contributed by atoms with van der Waals surface area (Å²) in [4.78, 5) is 37.7. The maximum Gasteiger partial charge on any atom is 0.348 e. The van der Waals surface area contributed by atoms with Crippen LogP contribution in [0.3, 0.4) is 0 Å². The highest BCUT2D eigenvalue weighted by atomic mass is 32.1. The first-order valence-electron chi connectivity index (χ1n) is 8.40. The van der Waals surface area contributed by atoms with E-state index >= 15 is 0 Å². The van der Waals surface area contributed by atoms with Crippen molar-refractivity contribution in [3.05, 3.63) is 39.1 Å². The van der Waals surface area contributed by atoms with Crippen molar-refractivity contribution in [1.82, 2.24) is 0 Å². The molecule has 0 spiro atoms. The second-order valence-electron chi connectivity index (χ2n) is 5.98. The van der Waals surface area contributed by atoms with E-state index in [2.05, 4.69) is 5.32 Å². The fourth-order valence-corrected chi connectivity index (χ4v) is 3.70. The molecule has 1 amide bonds. The van der Waals surface area contributed by atoms with Crippen molar-refractivity contribution in [3.8, 4) is 11.5 Å². The van der Waals surface area contributed by atoms with Gasteiger partial charge >= 0.3 is 5.97 Å². The summed E-state index contributed by atoms with van der Waals surface area (Å²) in [5.74, 6) is -0.441. The molecular weight excluding hydrogens is 370 g/mol. The smallest absolute Gasteiger partial charge is 0.348 e. The molecule has 142 valence electrons. The quantitative estimate of drug-likeness (QED) is 0.602. The number of esters is 1. The highest BCUT2D eigenvalue weighted by Gasteiger charge is 2.21. The molecule has 1 aromatic heterocycles. The molecule has 27 heavy (non-hydrogen) atoms. The van der Waals surface area contributed by atoms with E-state index in [9.17, 15) is 14.4 Å². The fourth-order valence-electron chi connectivity index (χ4n) is 2.70. The van der Waals surface area contributed by atoms with E-state index < -0.39 is 18.5 Å². The molecule has 8 heteroatoms. The zero-order valence-electron chi connectivity index (χ0n) is 15.2. The number of nitrogens with one attached hydrogen (secondary N) is 1. The van der Waals surface area contributed by atoms with E-state index in [0.29, 0.717) is 21.9 Å². The van der Waals surface area contributed by atoms with Crippen LogP contribution in [0.5, 0.6) is 11.5 Å². The molecule has 0 saturated heterocycles. The van der Waals surface area contributed by atoms with Gasteiger partial charge in [0.1, 0.15) is 4.88 Å². The van der Waals surface area contributed by atoms with Crippen molar-refractivity contribution in [2.45, 2.75) is 27.2 Å². The Bertz CT molecular complexity index is 917. The van der Waals surface area contributed by atoms with E-state index in [1.165, 1.54) is 30.4 Å². The highest BCUT2D eigenvalue weighted by Crippen LogP contribution is 2.37. The predicted octanol–water partition coefficient (Wildman–Crippen LogP) is 3.35. The number of thiophene rings is 1. The van der Waals surface area contributed by atoms with E-state index in [-0.39, 0.29) is 18.3 Å². The Morgan fingerprint density at radius 2 is 1.89 bits per heavy atom. The van der Waals surface area contributed by atoms with Crippen LogP contribution in [0.25, 0.3) is 0 Å². The lowest BCUT2D eigenvalue weighted by Crippen LogP contribution is -2.21. The molecular formula is C19H19NO6S. The molecule has 1 aromatic carbocycles. The number of hydrogen-bond donors (Lipinski definition) is 1. The molecule has 1 N–H and O–H groups in total. The van der Waals surface area contributed by atoms with Gasteiger partial charge in [0.15, 0.2) is 23.9 Å². The number of carbonyl (C=O) groups is 3. The molecule has 0 aliphatic carbocycles. The van der Waals surface area contributed by atoms with E-state index in [4.69, 9.17) is 14.2 Å². The van der Waals surface area contributed by atoms with Crippen LogP contribution < -0.4 is 14.8 Å². The zero-order valence-corrected chi connectivity index (χ0v) is 16.0. The molecule has 0 atom stereocenters. The van der Waals surface area contributed by atoms with Crippen molar-refractivity contribution in [2.24, 2.45) is 0 Å². The van der Waals surface area contributed by atoms with Crippen LogP contribution in [-0.4, -0.2) is 31.1 Å². The van der Waals surface area contributed by atoms with Gasteiger partial charge in [-0.15, -0.1) is 11.3 Å². The van der Waals surface area contributed by atoms with Gasteiger partial charge in [0.25, 0.3) is 5.91 Å². The first-order chi connectivity index (χ1) is 12.9. The normalized spacial score (nSPS) is 12.0. The number of aryl methyl sites for hydroxylation is 2. The molecule has 2 aromatic rings. The average Bonchev–Trinajstić information content (AvgIpc) is 3.24. The summed E-state index contributed by atoms with van der Waals surface area (Å²) in [6.45, 7) is 4.94. The van der Waals surface area contributed by atoms with Crippen molar-refractivity contribution in [1.29, 1.82) is 0 Å². The number of carbonyl (C=O) groups excluding carboxylic acids is 3. The molecule has 0 unspecified atom stereocenters. The Hall–Kier alpha value is -2.87. The fraction of sp³-hybridized carbons (Fsp3) is 0.316. The summed E-state index contributed by atoms with van der Waals surface area (Å²) in [6.07, 6.45) is 0.827. The minimum Gasteiger partial charge on any atom is -0.454 e. The topological polar surface area (TPSA) is 90.9 Å². The maximum atomic E-state index is 12.2. The Labute approximate surface area is 160 Å². The zero-order chi connectivity index (χ0) is 19.6. The minimum atomic E-state index is -0.547. The van der Waals surface area contributed by atoms with Crippen molar-refractivity contribution in [2.75, 3.05) is 18.7 Å². The van der Waals surface area contributed by atoms with Crippen LogP contribution in [0.4, 0.5) is 5.69 Å². The number of benzene rings is 1. The summed E-state index contributed by atoms with van der Waals surface area (Å²) in [5, 5.41) is 2.59. The second-order valence-corrected chi connectivity index (χ2v) is 7.23. The van der Waals surface area contributed by atoms with Crippen LogP contribution in [0.15, 0.2) is 18.2 Å². The number of anilines is 1. The van der Waals surface area contributed by atoms with Crippen molar-refractivity contribution >= 4 is 34.7 Å². The Kier molecular flexibility index (Phi) is 5.46. The monoisotopic (exact) mass is 389 g/mol. The maximum absolute atomic E-state index is 12.2. The van der Waals surface area contributed by atoms with Crippen LogP contribution in [0.2, 0.25) is 0 Å². The van der Waals surface area contributed by atoms with Crippen molar-refractivity contribution < 1.29 is 28.6 Å². The summed E-state index contributed by atoms with van der Waals surface area (Å²) < 4.78 is 15.6. The molecule has 7 nitrogen and oxygen atoms in total. The van der Waals surface area contributed by atoms with Gasteiger partial charge in [-0.3, -0.25) is 9.59 Å². The number of fused-ring (bicyclic) bond motifs is 1. The molecule has 0 radical (unpaired) electrons. The average molecular weight is 389 g/mol. The van der Waals surface area contributed by atoms with Gasteiger partial charge in [0.2, 0.25) is 6.79 Å². The van der Waals surface area contributed by atoms with Crippen LogP contribution >= 0.6 is 11.3 Å². The molecule has 1 aliphatic heterocycles. The number of hydrogen-bond acceptors (Lipinski definition) is 7. The largest absolute Gasteiger partial charge is 0.454 e. The number of Topliss-reactive ketones (excluding diaryl/α,β-unsaturated/α-hetero) is 1. The van der Waals surface area contributed by atoms with Crippen molar-refractivity contribution in [3.63, 3.8) is 0 Å². The SMILES string of the molecule is CCc1cc(C(=O)OCC(=O)Nc2cc3c(cc2C(C)=O)OCO3)sc1C. The van der Waals surface area contributed by atoms with E-state index in [1.807, 2.05) is 13.8 Å². The van der Waals surface area contributed by atoms with E-state index in [0.717, 1.165) is 16.9 Å². The van der Waals surface area contributed by atoms with Gasteiger partial charge < -0.3 is 19.5 Å². The van der Waals surface area contributed by atoms with Crippen LogP contribution in [0.1, 0.15) is 44.3 Å². The number of ketones is 1. The lowest BCUT2D eigenvalue weighted by atomic mass is 10.1. The molecule has 2 heterocycles. The minimum absolute atomic E-state index is 0.0572. The molecule has 1 aliphatic rings. The molecule has 3 rings (SSSR count). The van der Waals surface area contributed by atoms with Gasteiger partial charge in [-0.05, 0) is 38.0 Å². The Morgan fingerprint density at radius 1 is 1.19 bits per heavy atom. The first-order valence-corrected chi connectivity index (χ1v) is 9.21. The van der Waals surface area contributed by atoms with Crippen LogP contribution in [0, 0.1) is 6.92 Å². The number of amides is 1. The third-order valence-corrected chi connectivity index (χ3v) is 5.18. The van der Waals surface area contributed by atoms with Gasteiger partial charge in [-0.1, -0.05) is 6.92 Å². The van der Waals surface area contributed by atoms with E-state index in [1.54, 1.807) is 6.07 Å². The molecule has 0 saturated carbocycles. The first kappa shape index (κ1) is 18.9. The van der Waals surface area contributed by atoms with Gasteiger partial charge in [0.05, 0.1) is 5.69 Å². The summed E-state index contributed by atoms with van der Waals surface area (Å²) in [5.41, 5.74) is 1.66. The molecule has 0 bridgehead atoms. The number of rotatable bonds is 6. The van der Waals surface area contributed by atoms with Gasteiger partial charge in [0, 0.05) is 16.5 Å². The highest BCUT2D eigenvalue weighted by molar-refractivity contribution is 7.14. The second kappa shape index (κ2) is 7.79. The predicted molar refractivity (Wildman–Crippen MR) is 99.9 cm³/mol. The Balaban J connectivity index is 1.65. The lowest BCUT2D eigenvalue weighted by Gasteiger charge is -2.10. The molecule has 0 fully saturated rings. The summed E-state index contributed by atoms with van der Waals surface area (Å²) in [6, 6.07) is 4.83. The van der Waals surface area contributed by atoms with Gasteiger partial charge in [-0.2, -0.15) is 0 Å². The summed E-state index contributed by atoms with van der Waals surface area (Å²) >= 11 is 1.34. The Morgan fingerprint density at radius 3 is 2.52 bits per heavy atom. The number of ether oxygens (including phenoxy) is 3. The summed E-state index contributed by atoms with van der Waals surface area (Å²) in [7, 11) is 0. The third-order valence-electron chi connectivity index (χ3n) is 4.10. The third kappa shape index (κ3) is 4.11. The lowest BCUT2D eigenvalue weighted by molar-refractivity contribution is -0.119.